The third-order valence-electron chi connectivity index (χ3n) is 2.54. The fraction of sp³-hybridized carbons (Fsp3) is 0.231. The molecule has 0 saturated carbocycles. The number of hydrogen-bond donors (Lipinski definition) is 0. The van der Waals surface area contributed by atoms with Crippen LogP contribution in [0.5, 0.6) is 0 Å². The van der Waals surface area contributed by atoms with E-state index in [4.69, 9.17) is 11.6 Å². The van der Waals surface area contributed by atoms with Crippen molar-refractivity contribution in [2.75, 3.05) is 0 Å². The van der Waals surface area contributed by atoms with E-state index in [1.807, 2.05) is 6.07 Å². The summed E-state index contributed by atoms with van der Waals surface area (Å²) in [6, 6.07) is 10.5. The van der Waals surface area contributed by atoms with E-state index >= 15 is 0 Å². The summed E-state index contributed by atoms with van der Waals surface area (Å²) in [5, 5.41) is 0. The van der Waals surface area contributed by atoms with Gasteiger partial charge in [-0.15, -0.1) is 11.3 Å². The van der Waals surface area contributed by atoms with Crippen molar-refractivity contribution >= 4 is 38.9 Å². The van der Waals surface area contributed by atoms with Crippen molar-refractivity contribution in [3.8, 4) is 0 Å². The summed E-state index contributed by atoms with van der Waals surface area (Å²) in [6.07, 6.45) is 0. The Balaban J connectivity index is 2.37. The first kappa shape index (κ1) is 12.2. The monoisotopic (exact) mass is 314 g/mol. The van der Waals surface area contributed by atoms with Gasteiger partial charge >= 0.3 is 0 Å². The minimum Gasteiger partial charge on any atom is -0.127 e. The van der Waals surface area contributed by atoms with Crippen LogP contribution in [0.1, 0.15) is 26.4 Å². The van der Waals surface area contributed by atoms with Gasteiger partial charge in [0.1, 0.15) is 0 Å². The molecular formula is C13H12BrClS. The Hall–Kier alpha value is -0.310. The van der Waals surface area contributed by atoms with E-state index in [0.29, 0.717) is 0 Å². The molecule has 0 N–H and O–H groups in total. The average molecular weight is 316 g/mol. The molecule has 0 nitrogen and oxygen atoms in total. The quantitative estimate of drug-likeness (QED) is 0.642. The highest BCUT2D eigenvalue weighted by atomic mass is 79.9. The first-order chi connectivity index (χ1) is 7.58. The van der Waals surface area contributed by atoms with E-state index in [-0.39, 0.29) is 4.83 Å². The minimum atomic E-state index is 0.241. The number of aryl methyl sites for hydroxylation is 2. The lowest BCUT2D eigenvalue weighted by Crippen LogP contribution is -1.93. The molecule has 1 aromatic carbocycles. The molecule has 1 aromatic heterocycles. The summed E-state index contributed by atoms with van der Waals surface area (Å²) in [5.74, 6) is 0. The van der Waals surface area contributed by atoms with Crippen LogP contribution in [0.15, 0.2) is 30.3 Å². The predicted octanol–water partition coefficient (Wildman–Crippen LogP) is 5.50. The number of benzene rings is 1. The van der Waals surface area contributed by atoms with Crippen molar-refractivity contribution in [1.29, 1.82) is 0 Å². The van der Waals surface area contributed by atoms with Crippen LogP contribution in [-0.4, -0.2) is 0 Å². The van der Waals surface area contributed by atoms with Gasteiger partial charge in [0, 0.05) is 4.88 Å². The highest BCUT2D eigenvalue weighted by Gasteiger charge is 2.14. The number of alkyl halides is 1. The van der Waals surface area contributed by atoms with Gasteiger partial charge in [0.05, 0.1) is 9.16 Å². The molecule has 3 heteroatoms. The summed E-state index contributed by atoms with van der Waals surface area (Å²) >= 11 is 11.3. The molecule has 2 aromatic rings. The first-order valence-corrected chi connectivity index (χ1v) is 7.15. The fourth-order valence-electron chi connectivity index (χ4n) is 1.73. The van der Waals surface area contributed by atoms with Gasteiger partial charge in [-0.25, -0.2) is 0 Å². The van der Waals surface area contributed by atoms with Gasteiger partial charge in [0.2, 0.25) is 0 Å². The molecule has 0 amide bonds. The topological polar surface area (TPSA) is 0 Å². The fourth-order valence-corrected chi connectivity index (χ4v) is 3.73. The molecule has 0 fully saturated rings. The second-order valence-electron chi connectivity index (χ2n) is 3.86. The minimum absolute atomic E-state index is 0.241. The Kier molecular flexibility index (Phi) is 3.73. The summed E-state index contributed by atoms with van der Waals surface area (Å²) in [6.45, 7) is 4.26. The van der Waals surface area contributed by atoms with E-state index < -0.39 is 0 Å². The lowest BCUT2D eigenvalue weighted by Gasteiger charge is -2.12. The lowest BCUT2D eigenvalue weighted by molar-refractivity contribution is 1.17. The zero-order valence-electron chi connectivity index (χ0n) is 9.13. The lowest BCUT2D eigenvalue weighted by atomic mass is 10.0. The molecular weight excluding hydrogens is 304 g/mol. The maximum atomic E-state index is 5.95. The largest absolute Gasteiger partial charge is 0.127 e. The van der Waals surface area contributed by atoms with Gasteiger partial charge in [0.25, 0.3) is 0 Å². The molecule has 1 heterocycles. The Bertz CT molecular complexity index is 504. The average Bonchev–Trinajstić information content (AvgIpc) is 2.64. The molecule has 0 aliphatic carbocycles. The molecule has 0 aliphatic heterocycles. The normalized spacial score (nSPS) is 12.8. The molecule has 0 aliphatic rings. The van der Waals surface area contributed by atoms with Gasteiger partial charge in [-0.3, -0.25) is 0 Å². The second kappa shape index (κ2) is 4.91. The van der Waals surface area contributed by atoms with Crippen LogP contribution >= 0.6 is 38.9 Å². The van der Waals surface area contributed by atoms with Crippen molar-refractivity contribution in [3.05, 3.63) is 56.2 Å². The number of thiophene rings is 1. The number of hydrogen-bond acceptors (Lipinski definition) is 1. The summed E-state index contributed by atoms with van der Waals surface area (Å²) < 4.78 is 0.837. The van der Waals surface area contributed by atoms with Gasteiger partial charge in [-0.05, 0) is 37.1 Å². The van der Waals surface area contributed by atoms with Crippen LogP contribution in [0.25, 0.3) is 0 Å². The number of rotatable bonds is 2. The third-order valence-corrected chi connectivity index (χ3v) is 5.13. The van der Waals surface area contributed by atoms with Crippen molar-refractivity contribution in [2.45, 2.75) is 18.7 Å². The molecule has 1 atom stereocenters. The molecule has 2 rings (SSSR count). The van der Waals surface area contributed by atoms with Crippen molar-refractivity contribution in [1.82, 2.24) is 0 Å². The van der Waals surface area contributed by atoms with Gasteiger partial charge in [0.15, 0.2) is 0 Å². The first-order valence-electron chi connectivity index (χ1n) is 5.04. The molecule has 0 saturated heterocycles. The predicted molar refractivity (Wildman–Crippen MR) is 76.0 cm³/mol. The second-order valence-corrected chi connectivity index (χ2v) is 6.53. The van der Waals surface area contributed by atoms with Gasteiger partial charge in [-0.1, -0.05) is 51.3 Å². The molecule has 0 bridgehead atoms. The van der Waals surface area contributed by atoms with Crippen LogP contribution in [0.2, 0.25) is 4.34 Å². The van der Waals surface area contributed by atoms with Crippen LogP contribution in [0.3, 0.4) is 0 Å². The van der Waals surface area contributed by atoms with Crippen molar-refractivity contribution < 1.29 is 0 Å². The molecule has 0 spiro atoms. The standard InChI is InChI=1S/C13H12BrClS/c1-8-3-4-10(9(2)7-8)13(14)11-5-6-12(15)16-11/h3-7,13H,1-2H3. The zero-order valence-corrected chi connectivity index (χ0v) is 12.3. The van der Waals surface area contributed by atoms with Crippen LogP contribution in [0, 0.1) is 13.8 Å². The van der Waals surface area contributed by atoms with E-state index in [2.05, 4.69) is 54.0 Å². The number of halogens is 2. The molecule has 16 heavy (non-hydrogen) atoms. The smallest absolute Gasteiger partial charge is 0.0931 e. The van der Waals surface area contributed by atoms with Gasteiger partial charge < -0.3 is 0 Å². The van der Waals surface area contributed by atoms with E-state index in [9.17, 15) is 0 Å². The highest BCUT2D eigenvalue weighted by molar-refractivity contribution is 9.09. The molecule has 1 unspecified atom stereocenters. The van der Waals surface area contributed by atoms with Crippen molar-refractivity contribution in [3.63, 3.8) is 0 Å². The Morgan fingerprint density at radius 2 is 1.94 bits per heavy atom. The van der Waals surface area contributed by atoms with Crippen molar-refractivity contribution in [2.24, 2.45) is 0 Å². The maximum absolute atomic E-state index is 5.95. The van der Waals surface area contributed by atoms with Crippen LogP contribution < -0.4 is 0 Å². The van der Waals surface area contributed by atoms with E-state index in [1.165, 1.54) is 21.6 Å². The Labute approximate surface area is 113 Å². The summed E-state index contributed by atoms with van der Waals surface area (Å²) in [4.78, 5) is 1.49. The Morgan fingerprint density at radius 1 is 1.19 bits per heavy atom. The van der Waals surface area contributed by atoms with Gasteiger partial charge in [-0.2, -0.15) is 0 Å². The molecule has 0 radical (unpaired) electrons. The maximum Gasteiger partial charge on any atom is 0.0931 e. The summed E-state index contributed by atoms with van der Waals surface area (Å²) in [5.41, 5.74) is 3.92. The molecule has 84 valence electrons. The highest BCUT2D eigenvalue weighted by Crippen LogP contribution is 2.38. The Morgan fingerprint density at radius 3 is 2.50 bits per heavy atom. The van der Waals surface area contributed by atoms with Crippen LogP contribution in [0.4, 0.5) is 0 Å². The van der Waals surface area contributed by atoms with E-state index in [1.54, 1.807) is 11.3 Å². The SMILES string of the molecule is Cc1ccc(C(Br)c2ccc(Cl)s2)c(C)c1. The van der Waals surface area contributed by atoms with Crippen LogP contribution in [-0.2, 0) is 0 Å². The third kappa shape index (κ3) is 2.50. The zero-order chi connectivity index (χ0) is 11.7. The summed E-state index contributed by atoms with van der Waals surface area (Å²) in [7, 11) is 0. The van der Waals surface area contributed by atoms with E-state index in [0.717, 1.165) is 4.34 Å².